The second kappa shape index (κ2) is 6.56. The van der Waals surface area contributed by atoms with Gasteiger partial charge in [-0.25, -0.2) is 4.98 Å². The Bertz CT molecular complexity index is 447. The van der Waals surface area contributed by atoms with E-state index in [-0.39, 0.29) is 29.2 Å². The summed E-state index contributed by atoms with van der Waals surface area (Å²) in [5.74, 6) is 0.456. The molecule has 2 atom stereocenters. The van der Waals surface area contributed by atoms with Crippen LogP contribution in [0.15, 0.2) is 0 Å². The van der Waals surface area contributed by atoms with Crippen LogP contribution in [0.4, 0.5) is 11.5 Å². The maximum absolute atomic E-state index is 8.72. The monoisotopic (exact) mass is 306 g/mol. The Morgan fingerprint density at radius 1 is 1.37 bits per heavy atom. The molecule has 0 spiro atoms. The third kappa shape index (κ3) is 3.82. The smallest absolute Gasteiger partial charge is 0.225 e. The lowest BCUT2D eigenvalue weighted by Crippen LogP contribution is -2.20. The summed E-state index contributed by atoms with van der Waals surface area (Å²) in [5.41, 5.74) is 6.10. The molecule has 106 valence electrons. The second-order valence-electron chi connectivity index (χ2n) is 4.42. The van der Waals surface area contributed by atoms with Crippen molar-refractivity contribution < 1.29 is 9.84 Å². The van der Waals surface area contributed by atoms with Crippen LogP contribution < -0.4 is 11.1 Å². The number of nitrogens with zero attached hydrogens (tertiary/aromatic N) is 2. The Morgan fingerprint density at radius 2 is 2.16 bits per heavy atom. The minimum Gasteiger partial charge on any atom is -0.394 e. The lowest BCUT2D eigenvalue weighted by molar-refractivity contribution is 0.0326. The average molecular weight is 307 g/mol. The molecule has 0 amide bonds. The van der Waals surface area contributed by atoms with Crippen molar-refractivity contribution in [2.45, 2.75) is 31.4 Å². The van der Waals surface area contributed by atoms with Gasteiger partial charge in [0.05, 0.1) is 19.3 Å². The lowest BCUT2D eigenvalue weighted by atomic mass is 10.2. The van der Waals surface area contributed by atoms with Crippen LogP contribution in [0.25, 0.3) is 0 Å². The number of nitrogen functional groups attached to an aromatic ring is 1. The van der Waals surface area contributed by atoms with Crippen LogP contribution in [0, 0.1) is 0 Å². The van der Waals surface area contributed by atoms with E-state index in [4.69, 9.17) is 38.8 Å². The fourth-order valence-corrected chi connectivity index (χ4v) is 2.54. The summed E-state index contributed by atoms with van der Waals surface area (Å²) >= 11 is 11.6. The molecule has 6 nitrogen and oxygen atoms in total. The fourth-order valence-electron chi connectivity index (χ4n) is 2.16. The molecule has 1 aromatic heterocycles. The summed E-state index contributed by atoms with van der Waals surface area (Å²) in [6.45, 7) is 0.406. The largest absolute Gasteiger partial charge is 0.394 e. The van der Waals surface area contributed by atoms with Gasteiger partial charge < -0.3 is 20.9 Å². The molecular formula is C11H16Cl2N4O2. The fraction of sp³-hybridized carbons (Fsp3) is 0.636. The van der Waals surface area contributed by atoms with E-state index in [0.717, 1.165) is 19.3 Å². The van der Waals surface area contributed by atoms with Crippen LogP contribution in [-0.2, 0) is 4.74 Å². The third-order valence-corrected chi connectivity index (χ3v) is 3.50. The number of nitrogens with one attached hydrogen (secondary N) is 1. The number of aromatic nitrogens is 2. The number of aliphatic hydroxyl groups is 1. The first-order valence-corrected chi connectivity index (χ1v) is 6.83. The number of aliphatic hydroxyl groups excluding tert-OH is 1. The Morgan fingerprint density at radius 3 is 2.89 bits per heavy atom. The summed E-state index contributed by atoms with van der Waals surface area (Å²) in [4.78, 5) is 7.80. The number of nitrogens with two attached hydrogens (primary N) is 1. The Hall–Kier alpha value is -0.820. The molecule has 1 fully saturated rings. The molecule has 0 bridgehead atoms. The molecule has 2 unspecified atom stereocenters. The van der Waals surface area contributed by atoms with Gasteiger partial charge in [0, 0.05) is 6.04 Å². The number of anilines is 2. The van der Waals surface area contributed by atoms with Crippen molar-refractivity contribution in [3.05, 3.63) is 10.4 Å². The van der Waals surface area contributed by atoms with Gasteiger partial charge in [0.15, 0.2) is 11.0 Å². The summed E-state index contributed by atoms with van der Waals surface area (Å²) < 4.78 is 5.49. The first kappa shape index (κ1) is 14.6. The van der Waals surface area contributed by atoms with Crippen LogP contribution in [0.3, 0.4) is 0 Å². The first-order chi connectivity index (χ1) is 9.10. The Labute approximate surface area is 121 Å². The molecule has 0 aliphatic heterocycles. The van der Waals surface area contributed by atoms with Gasteiger partial charge in [-0.2, -0.15) is 4.98 Å². The Kier molecular flexibility index (Phi) is 5.04. The zero-order valence-corrected chi connectivity index (χ0v) is 11.8. The molecule has 1 saturated carbocycles. The molecule has 0 radical (unpaired) electrons. The summed E-state index contributed by atoms with van der Waals surface area (Å²) in [6.07, 6.45) is 2.86. The molecule has 1 heterocycles. The van der Waals surface area contributed by atoms with Crippen molar-refractivity contribution in [2.24, 2.45) is 0 Å². The first-order valence-electron chi connectivity index (χ1n) is 6.07. The predicted octanol–water partition coefficient (Wildman–Crippen LogP) is 1.71. The van der Waals surface area contributed by atoms with Gasteiger partial charge in [-0.1, -0.05) is 11.6 Å². The number of halogens is 2. The Balaban J connectivity index is 1.95. The highest BCUT2D eigenvalue weighted by Gasteiger charge is 2.26. The van der Waals surface area contributed by atoms with Gasteiger partial charge in [-0.15, -0.1) is 0 Å². The molecule has 19 heavy (non-hydrogen) atoms. The van der Waals surface area contributed by atoms with E-state index in [9.17, 15) is 0 Å². The van der Waals surface area contributed by atoms with E-state index in [2.05, 4.69) is 15.3 Å². The maximum Gasteiger partial charge on any atom is 0.225 e. The molecule has 1 aromatic rings. The minimum atomic E-state index is 0.0403. The molecule has 8 heteroatoms. The highest BCUT2D eigenvalue weighted by atomic mass is 35.5. The van der Waals surface area contributed by atoms with E-state index in [1.165, 1.54) is 0 Å². The van der Waals surface area contributed by atoms with Crippen LogP contribution in [0.5, 0.6) is 0 Å². The molecule has 0 saturated heterocycles. The van der Waals surface area contributed by atoms with Crippen LogP contribution in [-0.4, -0.2) is 40.4 Å². The number of hydrogen-bond acceptors (Lipinski definition) is 6. The number of rotatable bonds is 5. The standard InChI is InChI=1S/C11H16Cl2N4O2/c12-9-8(14)10(17-11(13)16-9)15-6-1-2-7(5-6)19-4-3-18/h6-7,18H,1-5,14H2,(H,15,16,17). The highest BCUT2D eigenvalue weighted by molar-refractivity contribution is 6.34. The normalized spacial score (nSPS) is 22.7. The molecule has 0 aromatic carbocycles. The molecular weight excluding hydrogens is 291 g/mol. The van der Waals surface area contributed by atoms with E-state index >= 15 is 0 Å². The van der Waals surface area contributed by atoms with Crippen LogP contribution in [0.2, 0.25) is 10.4 Å². The predicted molar refractivity (Wildman–Crippen MR) is 74.6 cm³/mol. The molecule has 2 rings (SSSR count). The van der Waals surface area contributed by atoms with Crippen molar-refractivity contribution in [2.75, 3.05) is 24.3 Å². The van der Waals surface area contributed by atoms with Gasteiger partial charge in [-0.05, 0) is 30.9 Å². The zero-order valence-electron chi connectivity index (χ0n) is 10.3. The van der Waals surface area contributed by atoms with Gasteiger partial charge in [-0.3, -0.25) is 0 Å². The van der Waals surface area contributed by atoms with Crippen molar-refractivity contribution >= 4 is 34.7 Å². The van der Waals surface area contributed by atoms with E-state index in [1.54, 1.807) is 0 Å². The molecule has 1 aliphatic rings. The zero-order chi connectivity index (χ0) is 13.8. The lowest BCUT2D eigenvalue weighted by Gasteiger charge is -2.16. The van der Waals surface area contributed by atoms with Gasteiger partial charge >= 0.3 is 0 Å². The van der Waals surface area contributed by atoms with Crippen molar-refractivity contribution in [1.29, 1.82) is 0 Å². The average Bonchev–Trinajstić information content (AvgIpc) is 2.80. The van der Waals surface area contributed by atoms with Crippen molar-refractivity contribution in [3.8, 4) is 0 Å². The van der Waals surface area contributed by atoms with Gasteiger partial charge in [0.2, 0.25) is 5.28 Å². The molecule has 1 aliphatic carbocycles. The van der Waals surface area contributed by atoms with Crippen LogP contribution in [0.1, 0.15) is 19.3 Å². The van der Waals surface area contributed by atoms with E-state index in [0.29, 0.717) is 18.1 Å². The van der Waals surface area contributed by atoms with E-state index < -0.39 is 0 Å². The van der Waals surface area contributed by atoms with Gasteiger partial charge in [0.25, 0.3) is 0 Å². The topological polar surface area (TPSA) is 93.3 Å². The van der Waals surface area contributed by atoms with Crippen LogP contribution >= 0.6 is 23.2 Å². The highest BCUT2D eigenvalue weighted by Crippen LogP contribution is 2.30. The van der Waals surface area contributed by atoms with Crippen molar-refractivity contribution in [1.82, 2.24) is 9.97 Å². The summed E-state index contributed by atoms with van der Waals surface area (Å²) in [7, 11) is 0. The van der Waals surface area contributed by atoms with Crippen molar-refractivity contribution in [3.63, 3.8) is 0 Å². The SMILES string of the molecule is Nc1c(Cl)nc(Cl)nc1NC1CCC(OCCO)C1. The maximum atomic E-state index is 8.72. The number of hydrogen-bond donors (Lipinski definition) is 3. The van der Waals surface area contributed by atoms with E-state index in [1.807, 2.05) is 0 Å². The van der Waals surface area contributed by atoms with Gasteiger partial charge in [0.1, 0.15) is 5.69 Å². The minimum absolute atomic E-state index is 0.0403. The third-order valence-electron chi connectivity index (χ3n) is 3.04. The second-order valence-corrected chi connectivity index (χ2v) is 5.11. The summed E-state index contributed by atoms with van der Waals surface area (Å²) in [6, 6.07) is 0.202. The quantitative estimate of drug-likeness (QED) is 0.566. The summed E-state index contributed by atoms with van der Waals surface area (Å²) in [5, 5.41) is 12.1. The molecule has 4 N–H and O–H groups in total. The number of ether oxygens (including phenoxy) is 1.